The lowest BCUT2D eigenvalue weighted by atomic mass is 10.2. The maximum atomic E-state index is 13.0. The van der Waals surface area contributed by atoms with Gasteiger partial charge in [-0.2, -0.15) is 0 Å². The largest absolute Gasteiger partial charge is 0.336 e. The average Bonchev–Trinajstić information content (AvgIpc) is 2.33. The summed E-state index contributed by atoms with van der Waals surface area (Å²) >= 11 is 3.97. The SMILES string of the molecule is O=C(c1ccc(F)c(S)c1)N1CCNCC1. The van der Waals surface area contributed by atoms with Gasteiger partial charge in [-0.15, -0.1) is 12.6 Å². The molecule has 1 saturated heterocycles. The number of nitrogens with zero attached hydrogens (tertiary/aromatic N) is 1. The normalized spacial score (nSPS) is 16.2. The fourth-order valence-electron chi connectivity index (χ4n) is 1.70. The van der Waals surface area contributed by atoms with Crippen LogP contribution in [0.5, 0.6) is 0 Å². The summed E-state index contributed by atoms with van der Waals surface area (Å²) in [6, 6.07) is 4.25. The maximum absolute atomic E-state index is 13.0. The molecular weight excluding hydrogens is 227 g/mol. The quantitative estimate of drug-likeness (QED) is 0.722. The highest BCUT2D eigenvalue weighted by Gasteiger charge is 2.18. The third-order valence-corrected chi connectivity index (χ3v) is 2.94. The Bertz CT molecular complexity index is 405. The monoisotopic (exact) mass is 240 g/mol. The van der Waals surface area contributed by atoms with E-state index in [1.165, 1.54) is 18.2 Å². The predicted molar refractivity (Wildman–Crippen MR) is 62.4 cm³/mol. The van der Waals surface area contributed by atoms with Crippen LogP contribution >= 0.6 is 12.6 Å². The van der Waals surface area contributed by atoms with E-state index in [1.807, 2.05) is 0 Å². The van der Waals surface area contributed by atoms with Gasteiger partial charge in [0.15, 0.2) is 0 Å². The molecule has 16 heavy (non-hydrogen) atoms. The standard InChI is InChI=1S/C11H13FN2OS/c12-9-2-1-8(7-10(9)16)11(15)14-5-3-13-4-6-14/h1-2,7,13,16H,3-6H2. The van der Waals surface area contributed by atoms with Gasteiger partial charge >= 0.3 is 0 Å². The molecule has 0 spiro atoms. The van der Waals surface area contributed by atoms with Crippen molar-refractivity contribution >= 4 is 18.5 Å². The zero-order valence-corrected chi connectivity index (χ0v) is 9.64. The van der Waals surface area contributed by atoms with Crippen LogP contribution in [0.1, 0.15) is 10.4 Å². The number of hydrogen-bond acceptors (Lipinski definition) is 3. The van der Waals surface area contributed by atoms with Crippen LogP contribution in [-0.4, -0.2) is 37.0 Å². The topological polar surface area (TPSA) is 32.3 Å². The number of thiol groups is 1. The minimum atomic E-state index is -0.403. The van der Waals surface area contributed by atoms with Gasteiger partial charge in [0, 0.05) is 36.6 Å². The summed E-state index contributed by atoms with van der Waals surface area (Å²) < 4.78 is 13.0. The summed E-state index contributed by atoms with van der Waals surface area (Å²) in [4.78, 5) is 14.0. The molecule has 1 aliphatic rings. The molecule has 1 heterocycles. The molecule has 0 radical (unpaired) electrons. The highest BCUT2D eigenvalue weighted by Crippen LogP contribution is 2.15. The summed E-state index contributed by atoms with van der Waals surface area (Å²) in [5.41, 5.74) is 0.494. The molecule has 86 valence electrons. The molecule has 2 rings (SSSR count). The smallest absolute Gasteiger partial charge is 0.253 e. The molecule has 0 saturated carbocycles. The van der Waals surface area contributed by atoms with Gasteiger partial charge in [-0.25, -0.2) is 4.39 Å². The van der Waals surface area contributed by atoms with Gasteiger partial charge in [0.2, 0.25) is 0 Å². The Kier molecular flexibility index (Phi) is 3.46. The molecule has 1 fully saturated rings. The van der Waals surface area contributed by atoms with Crippen LogP contribution in [0.3, 0.4) is 0 Å². The van der Waals surface area contributed by atoms with E-state index >= 15 is 0 Å². The second-order valence-electron chi connectivity index (χ2n) is 3.71. The van der Waals surface area contributed by atoms with Gasteiger partial charge in [-0.1, -0.05) is 0 Å². The van der Waals surface area contributed by atoms with Crippen molar-refractivity contribution in [2.45, 2.75) is 4.90 Å². The molecule has 1 aromatic carbocycles. The molecule has 1 aliphatic heterocycles. The number of piperazine rings is 1. The fourth-order valence-corrected chi connectivity index (χ4v) is 1.91. The van der Waals surface area contributed by atoms with Gasteiger partial charge in [0.05, 0.1) is 0 Å². The van der Waals surface area contributed by atoms with Crippen molar-refractivity contribution in [2.75, 3.05) is 26.2 Å². The zero-order chi connectivity index (χ0) is 11.5. The highest BCUT2D eigenvalue weighted by molar-refractivity contribution is 7.80. The number of nitrogens with one attached hydrogen (secondary N) is 1. The first-order valence-electron chi connectivity index (χ1n) is 5.17. The lowest BCUT2D eigenvalue weighted by Crippen LogP contribution is -2.46. The minimum absolute atomic E-state index is 0.0585. The molecule has 3 nitrogen and oxygen atoms in total. The van der Waals surface area contributed by atoms with Crippen LogP contribution in [0.25, 0.3) is 0 Å². The van der Waals surface area contributed by atoms with Gasteiger partial charge < -0.3 is 10.2 Å². The Morgan fingerprint density at radius 1 is 1.38 bits per heavy atom. The van der Waals surface area contributed by atoms with Crippen molar-refractivity contribution in [1.29, 1.82) is 0 Å². The molecule has 0 aliphatic carbocycles. The van der Waals surface area contributed by atoms with Crippen LogP contribution in [0, 0.1) is 5.82 Å². The molecule has 5 heteroatoms. The lowest BCUT2D eigenvalue weighted by Gasteiger charge is -2.27. The zero-order valence-electron chi connectivity index (χ0n) is 8.74. The van der Waals surface area contributed by atoms with Crippen LogP contribution in [-0.2, 0) is 0 Å². The molecule has 0 aromatic heterocycles. The molecule has 1 N–H and O–H groups in total. The second-order valence-corrected chi connectivity index (χ2v) is 4.19. The van der Waals surface area contributed by atoms with Crippen LogP contribution < -0.4 is 5.32 Å². The third kappa shape index (κ3) is 2.36. The molecular formula is C11H13FN2OS. The van der Waals surface area contributed by atoms with Gasteiger partial charge in [-0.3, -0.25) is 4.79 Å². The number of carbonyl (C=O) groups excluding carboxylic acids is 1. The Balaban J connectivity index is 2.16. The average molecular weight is 240 g/mol. The van der Waals surface area contributed by atoms with Crippen molar-refractivity contribution < 1.29 is 9.18 Å². The maximum Gasteiger partial charge on any atom is 0.253 e. The van der Waals surface area contributed by atoms with Crippen LogP contribution in [0.2, 0.25) is 0 Å². The Labute approximate surface area is 99.0 Å². The van der Waals surface area contributed by atoms with Crippen molar-refractivity contribution in [3.8, 4) is 0 Å². The van der Waals surface area contributed by atoms with E-state index in [9.17, 15) is 9.18 Å². The number of amides is 1. The Morgan fingerprint density at radius 2 is 2.06 bits per heavy atom. The summed E-state index contributed by atoms with van der Waals surface area (Å²) in [5.74, 6) is -0.461. The first-order valence-corrected chi connectivity index (χ1v) is 5.62. The summed E-state index contributed by atoms with van der Waals surface area (Å²) in [5, 5.41) is 3.17. The van der Waals surface area contributed by atoms with Gasteiger partial charge in [-0.05, 0) is 18.2 Å². The van der Waals surface area contributed by atoms with Crippen molar-refractivity contribution in [1.82, 2.24) is 10.2 Å². The summed E-state index contributed by atoms with van der Waals surface area (Å²) in [6.07, 6.45) is 0. The predicted octanol–water partition coefficient (Wildman–Crippen LogP) is 1.16. The lowest BCUT2D eigenvalue weighted by molar-refractivity contribution is 0.0735. The molecule has 0 bridgehead atoms. The molecule has 0 unspecified atom stereocenters. The molecule has 1 amide bonds. The van der Waals surface area contributed by atoms with E-state index in [0.717, 1.165) is 13.1 Å². The third-order valence-electron chi connectivity index (χ3n) is 2.60. The highest BCUT2D eigenvalue weighted by atomic mass is 32.1. The number of carbonyl (C=O) groups is 1. The van der Waals surface area contributed by atoms with Crippen molar-refractivity contribution in [3.05, 3.63) is 29.6 Å². The molecule has 1 aromatic rings. The number of rotatable bonds is 1. The van der Waals surface area contributed by atoms with Crippen LogP contribution in [0.15, 0.2) is 23.1 Å². The van der Waals surface area contributed by atoms with E-state index in [0.29, 0.717) is 18.7 Å². The van der Waals surface area contributed by atoms with Crippen molar-refractivity contribution in [2.24, 2.45) is 0 Å². The van der Waals surface area contributed by atoms with E-state index in [2.05, 4.69) is 17.9 Å². The molecule has 0 atom stereocenters. The van der Waals surface area contributed by atoms with E-state index in [4.69, 9.17) is 0 Å². The number of hydrogen-bond donors (Lipinski definition) is 2. The minimum Gasteiger partial charge on any atom is -0.336 e. The summed E-state index contributed by atoms with van der Waals surface area (Å²) in [6.45, 7) is 3.00. The van der Waals surface area contributed by atoms with Gasteiger partial charge in [0.1, 0.15) is 5.82 Å². The first-order chi connectivity index (χ1) is 7.68. The Morgan fingerprint density at radius 3 is 2.69 bits per heavy atom. The Hall–Kier alpha value is -1.07. The van der Waals surface area contributed by atoms with Crippen LogP contribution in [0.4, 0.5) is 4.39 Å². The van der Waals surface area contributed by atoms with E-state index < -0.39 is 5.82 Å². The number of benzene rings is 1. The first kappa shape index (κ1) is 11.4. The number of halogens is 1. The second kappa shape index (κ2) is 4.84. The van der Waals surface area contributed by atoms with Crippen molar-refractivity contribution in [3.63, 3.8) is 0 Å². The van der Waals surface area contributed by atoms with Gasteiger partial charge in [0.25, 0.3) is 5.91 Å². The van der Waals surface area contributed by atoms with E-state index in [-0.39, 0.29) is 10.8 Å². The summed E-state index contributed by atoms with van der Waals surface area (Å²) in [7, 11) is 0. The van der Waals surface area contributed by atoms with E-state index in [1.54, 1.807) is 4.90 Å². The fraction of sp³-hybridized carbons (Fsp3) is 0.364.